The molecular weight excluding hydrogens is 316 g/mol. The fourth-order valence-electron chi connectivity index (χ4n) is 2.69. The van der Waals surface area contributed by atoms with Crippen molar-refractivity contribution in [3.8, 4) is 0 Å². The summed E-state index contributed by atoms with van der Waals surface area (Å²) in [6.45, 7) is 6.26. The number of para-hydroxylation sites is 1. The average Bonchev–Trinajstić information content (AvgIpc) is 3.06. The fraction of sp³-hybridized carbons (Fsp3) is 0.200. The smallest absolute Gasteiger partial charge is 0.153 e. The van der Waals surface area contributed by atoms with E-state index in [9.17, 15) is 4.79 Å². The van der Waals surface area contributed by atoms with E-state index < -0.39 is 0 Å². The fourth-order valence-corrected chi connectivity index (χ4v) is 3.63. The van der Waals surface area contributed by atoms with Gasteiger partial charge < -0.3 is 4.90 Å². The van der Waals surface area contributed by atoms with E-state index in [2.05, 4.69) is 35.9 Å². The number of thiazole rings is 1. The van der Waals surface area contributed by atoms with Crippen molar-refractivity contribution in [1.29, 1.82) is 0 Å². The Morgan fingerprint density at radius 1 is 1.08 bits per heavy atom. The Morgan fingerprint density at radius 2 is 1.79 bits per heavy atom. The third-order valence-corrected chi connectivity index (χ3v) is 5.10. The Labute approximate surface area is 146 Å². The molecule has 0 aliphatic heterocycles. The number of nitrogens with zero attached hydrogens (tertiary/aromatic N) is 2. The lowest BCUT2D eigenvalue weighted by Gasteiger charge is -2.20. The lowest BCUT2D eigenvalue weighted by molar-refractivity contribution is -0.103. The molecule has 1 aromatic heterocycles. The van der Waals surface area contributed by atoms with Crippen molar-refractivity contribution < 1.29 is 4.79 Å². The molecule has 0 aliphatic rings. The number of aldehydes is 1. The van der Waals surface area contributed by atoms with Crippen molar-refractivity contribution in [3.63, 3.8) is 0 Å². The Kier molecular flexibility index (Phi) is 5.06. The van der Waals surface area contributed by atoms with E-state index in [1.54, 1.807) is 11.3 Å². The molecule has 0 bridgehead atoms. The van der Waals surface area contributed by atoms with E-state index in [-0.39, 0.29) is 0 Å². The van der Waals surface area contributed by atoms with Crippen molar-refractivity contribution in [2.45, 2.75) is 13.8 Å². The van der Waals surface area contributed by atoms with Crippen LogP contribution in [0.5, 0.6) is 0 Å². The molecule has 1 heterocycles. The van der Waals surface area contributed by atoms with Gasteiger partial charge in [0.2, 0.25) is 0 Å². The third kappa shape index (κ3) is 3.39. The number of aromatic nitrogens is 1. The summed E-state index contributed by atoms with van der Waals surface area (Å²) in [4.78, 5) is 18.4. The highest BCUT2D eigenvalue weighted by molar-refractivity contribution is 7.19. The van der Waals surface area contributed by atoms with Crippen molar-refractivity contribution in [3.05, 3.63) is 59.1 Å². The Balaban J connectivity index is 1.91. The molecule has 0 atom stereocenters. The van der Waals surface area contributed by atoms with Gasteiger partial charge in [0, 0.05) is 18.8 Å². The minimum absolute atomic E-state index is 0.617. The number of rotatable bonds is 6. The molecule has 2 aromatic carbocycles. The minimum atomic E-state index is 0.617. The number of hydrogen-bond donors (Lipinski definition) is 0. The summed E-state index contributed by atoms with van der Waals surface area (Å²) in [6.07, 6.45) is 2.78. The molecule has 24 heavy (non-hydrogen) atoms. The van der Waals surface area contributed by atoms with Gasteiger partial charge in [-0.05, 0) is 49.8 Å². The first kappa shape index (κ1) is 16.4. The Morgan fingerprint density at radius 3 is 2.42 bits per heavy atom. The topological polar surface area (TPSA) is 33.2 Å². The molecule has 0 spiro atoms. The first-order chi connectivity index (χ1) is 11.7. The maximum Gasteiger partial charge on any atom is 0.153 e. The van der Waals surface area contributed by atoms with Gasteiger partial charge in [-0.3, -0.25) is 4.79 Å². The Bertz CT molecular complexity index is 828. The maximum absolute atomic E-state index is 11.5. The van der Waals surface area contributed by atoms with Gasteiger partial charge in [-0.25, -0.2) is 4.98 Å². The van der Waals surface area contributed by atoms with E-state index >= 15 is 0 Å². The zero-order valence-electron chi connectivity index (χ0n) is 13.9. The molecule has 0 saturated carbocycles. The first-order valence-corrected chi connectivity index (χ1v) is 8.94. The largest absolute Gasteiger partial charge is 0.372 e. The lowest BCUT2D eigenvalue weighted by Crippen LogP contribution is -2.21. The van der Waals surface area contributed by atoms with Crippen LogP contribution in [0, 0.1) is 0 Å². The molecule has 0 fully saturated rings. The van der Waals surface area contributed by atoms with Crippen LogP contribution < -0.4 is 4.90 Å². The maximum atomic E-state index is 11.5. The second-order valence-electron chi connectivity index (χ2n) is 5.47. The predicted molar refractivity (Wildman–Crippen MR) is 104 cm³/mol. The van der Waals surface area contributed by atoms with Gasteiger partial charge in [0.1, 0.15) is 5.01 Å². The molecule has 0 aliphatic carbocycles. The SMILES string of the molecule is CCN(CC)c1ccc(/C=C(\C=O)c2nc3ccccc3s2)cc1. The van der Waals surface area contributed by atoms with Gasteiger partial charge in [0.05, 0.1) is 15.8 Å². The number of fused-ring (bicyclic) bond motifs is 1. The summed E-state index contributed by atoms with van der Waals surface area (Å²) in [7, 11) is 0. The van der Waals surface area contributed by atoms with Gasteiger partial charge in [0.25, 0.3) is 0 Å². The molecule has 122 valence electrons. The van der Waals surface area contributed by atoms with E-state index in [4.69, 9.17) is 0 Å². The van der Waals surface area contributed by atoms with Crippen LogP contribution in [0.15, 0.2) is 48.5 Å². The van der Waals surface area contributed by atoms with Crippen LogP contribution in [0.1, 0.15) is 24.4 Å². The van der Waals surface area contributed by atoms with Gasteiger partial charge in [-0.1, -0.05) is 24.3 Å². The number of allylic oxidation sites excluding steroid dienone is 1. The van der Waals surface area contributed by atoms with Gasteiger partial charge in [-0.15, -0.1) is 11.3 Å². The van der Waals surface area contributed by atoms with Crippen LogP contribution in [0.3, 0.4) is 0 Å². The first-order valence-electron chi connectivity index (χ1n) is 8.13. The summed E-state index contributed by atoms with van der Waals surface area (Å²) >= 11 is 1.55. The zero-order chi connectivity index (χ0) is 16.9. The van der Waals surface area contributed by atoms with Gasteiger partial charge in [-0.2, -0.15) is 0 Å². The Hall–Kier alpha value is -2.46. The zero-order valence-corrected chi connectivity index (χ0v) is 14.7. The predicted octanol–water partition coefficient (Wildman–Crippen LogP) is 4.88. The number of benzene rings is 2. The molecule has 0 saturated heterocycles. The van der Waals surface area contributed by atoms with Crippen LogP contribution in [0.2, 0.25) is 0 Å². The molecule has 0 N–H and O–H groups in total. The molecular formula is C20H20N2OS. The van der Waals surface area contributed by atoms with E-state index in [1.807, 2.05) is 42.5 Å². The van der Waals surface area contributed by atoms with Crippen LogP contribution in [-0.4, -0.2) is 24.4 Å². The quantitative estimate of drug-likeness (QED) is 0.475. The highest BCUT2D eigenvalue weighted by Gasteiger charge is 2.08. The van der Waals surface area contributed by atoms with Crippen LogP contribution in [-0.2, 0) is 4.79 Å². The normalized spacial score (nSPS) is 11.7. The number of hydrogen-bond acceptors (Lipinski definition) is 4. The average molecular weight is 336 g/mol. The van der Waals surface area contributed by atoms with Gasteiger partial charge >= 0.3 is 0 Å². The highest BCUT2D eigenvalue weighted by Crippen LogP contribution is 2.27. The van der Waals surface area contributed by atoms with Gasteiger partial charge in [0.15, 0.2) is 6.29 Å². The van der Waals surface area contributed by atoms with E-state index in [0.29, 0.717) is 5.57 Å². The molecule has 0 amide bonds. The molecule has 0 radical (unpaired) electrons. The van der Waals surface area contributed by atoms with Crippen LogP contribution in [0.25, 0.3) is 21.9 Å². The van der Waals surface area contributed by atoms with Crippen molar-refractivity contribution in [1.82, 2.24) is 4.98 Å². The number of carbonyl (C=O) groups is 1. The monoisotopic (exact) mass is 336 g/mol. The molecule has 3 rings (SSSR count). The molecule has 3 aromatic rings. The van der Waals surface area contributed by atoms with Crippen LogP contribution >= 0.6 is 11.3 Å². The summed E-state index contributed by atoms with van der Waals surface area (Å²) in [5.41, 5.74) is 3.76. The van der Waals surface area contributed by atoms with Crippen LogP contribution in [0.4, 0.5) is 5.69 Å². The number of anilines is 1. The second-order valence-corrected chi connectivity index (χ2v) is 6.50. The summed E-state index contributed by atoms with van der Waals surface area (Å²) in [5.74, 6) is 0. The second kappa shape index (κ2) is 7.41. The standard InChI is InChI=1S/C20H20N2OS/c1-3-22(4-2)17-11-9-15(10-12-17)13-16(14-23)20-21-18-7-5-6-8-19(18)24-20/h5-14H,3-4H2,1-2H3/b16-13+. The molecule has 0 unspecified atom stereocenters. The summed E-state index contributed by atoms with van der Waals surface area (Å²) < 4.78 is 1.09. The minimum Gasteiger partial charge on any atom is -0.372 e. The van der Waals surface area contributed by atoms with E-state index in [1.165, 1.54) is 5.69 Å². The summed E-state index contributed by atoms with van der Waals surface area (Å²) in [5, 5.41) is 0.763. The van der Waals surface area contributed by atoms with E-state index in [0.717, 1.165) is 40.2 Å². The molecule has 4 heteroatoms. The van der Waals surface area contributed by atoms with Crippen molar-refractivity contribution in [2.75, 3.05) is 18.0 Å². The van der Waals surface area contributed by atoms with Crippen molar-refractivity contribution in [2.24, 2.45) is 0 Å². The third-order valence-electron chi connectivity index (χ3n) is 4.01. The highest BCUT2D eigenvalue weighted by atomic mass is 32.1. The summed E-state index contributed by atoms with van der Waals surface area (Å²) in [6, 6.07) is 16.2. The molecule has 3 nitrogen and oxygen atoms in total. The number of carbonyl (C=O) groups excluding carboxylic acids is 1. The van der Waals surface area contributed by atoms with Crippen molar-refractivity contribution >= 4 is 45.2 Å². The lowest BCUT2D eigenvalue weighted by atomic mass is 10.1.